The molecule has 3 rings (SSSR count). The number of nitrogens with zero attached hydrogens (tertiary/aromatic N) is 2. The standard InChI is InChI=1S/C20H19N3O4/c1-11-8-18(25)23(19-14(11)6-5-7-16(19)26-4)10-17(24)22-20-15(9-21)12(2)13(3)27-20/h5-8H,10H2,1-4H3,(H,22,24). The van der Waals surface area contributed by atoms with Crippen molar-refractivity contribution in [2.75, 3.05) is 12.4 Å². The quantitative estimate of drug-likeness (QED) is 0.766. The maximum atomic E-state index is 12.6. The second-order valence-electron chi connectivity index (χ2n) is 6.26. The summed E-state index contributed by atoms with van der Waals surface area (Å²) >= 11 is 0. The number of para-hydroxylation sites is 1. The van der Waals surface area contributed by atoms with Gasteiger partial charge in [-0.15, -0.1) is 0 Å². The highest BCUT2D eigenvalue weighted by Gasteiger charge is 2.18. The summed E-state index contributed by atoms with van der Waals surface area (Å²) in [5, 5.41) is 12.7. The van der Waals surface area contributed by atoms with Gasteiger partial charge in [-0.2, -0.15) is 5.26 Å². The summed E-state index contributed by atoms with van der Waals surface area (Å²) in [6.45, 7) is 5.06. The molecule has 1 N–H and O–H groups in total. The Bertz CT molecular complexity index is 1150. The van der Waals surface area contributed by atoms with E-state index in [1.165, 1.54) is 17.7 Å². The molecular weight excluding hydrogens is 346 g/mol. The lowest BCUT2D eigenvalue weighted by Crippen LogP contribution is -2.28. The van der Waals surface area contributed by atoms with Crippen LogP contribution in [0.5, 0.6) is 5.75 Å². The smallest absolute Gasteiger partial charge is 0.251 e. The molecule has 3 aromatic rings. The first-order valence-corrected chi connectivity index (χ1v) is 8.34. The third kappa shape index (κ3) is 3.17. The van der Waals surface area contributed by atoms with Gasteiger partial charge in [-0.05, 0) is 32.4 Å². The van der Waals surface area contributed by atoms with Gasteiger partial charge in [0.2, 0.25) is 11.8 Å². The third-order valence-corrected chi connectivity index (χ3v) is 4.57. The number of carbonyl (C=O) groups excluding carboxylic acids is 1. The Balaban J connectivity index is 2.02. The number of rotatable bonds is 4. The van der Waals surface area contributed by atoms with Crippen LogP contribution in [0.15, 0.2) is 33.5 Å². The van der Waals surface area contributed by atoms with Crippen LogP contribution in [0.1, 0.15) is 22.5 Å². The number of fused-ring (bicyclic) bond motifs is 1. The molecule has 0 unspecified atom stereocenters. The van der Waals surface area contributed by atoms with Crippen molar-refractivity contribution in [3.63, 3.8) is 0 Å². The summed E-state index contributed by atoms with van der Waals surface area (Å²) in [5.74, 6) is 0.678. The van der Waals surface area contributed by atoms with E-state index in [9.17, 15) is 14.9 Å². The first kappa shape index (κ1) is 18.3. The Hall–Kier alpha value is -3.53. The van der Waals surface area contributed by atoms with Gasteiger partial charge in [-0.3, -0.25) is 19.5 Å². The molecule has 0 aliphatic heterocycles. The van der Waals surface area contributed by atoms with E-state index in [0.29, 0.717) is 22.6 Å². The van der Waals surface area contributed by atoms with Gasteiger partial charge in [0, 0.05) is 17.0 Å². The number of nitrogens with one attached hydrogen (secondary N) is 1. The SMILES string of the molecule is COc1cccc2c(C)cc(=O)n(CC(=O)Nc3oc(C)c(C)c3C#N)c12. The Morgan fingerprint density at radius 1 is 1.33 bits per heavy atom. The molecule has 1 aromatic carbocycles. The number of hydrogen-bond acceptors (Lipinski definition) is 5. The van der Waals surface area contributed by atoms with E-state index < -0.39 is 5.91 Å². The highest BCUT2D eigenvalue weighted by molar-refractivity contribution is 5.93. The zero-order valence-electron chi connectivity index (χ0n) is 15.5. The molecular formula is C20H19N3O4. The maximum absolute atomic E-state index is 12.6. The molecule has 0 saturated heterocycles. The van der Waals surface area contributed by atoms with Crippen molar-refractivity contribution in [3.8, 4) is 11.8 Å². The molecule has 0 atom stereocenters. The van der Waals surface area contributed by atoms with E-state index in [4.69, 9.17) is 9.15 Å². The van der Waals surface area contributed by atoms with Crippen molar-refractivity contribution < 1.29 is 13.9 Å². The number of aryl methyl sites for hydroxylation is 2. The van der Waals surface area contributed by atoms with Crippen LogP contribution in [0.3, 0.4) is 0 Å². The van der Waals surface area contributed by atoms with Gasteiger partial charge in [0.05, 0.1) is 12.6 Å². The fourth-order valence-corrected chi connectivity index (χ4v) is 3.05. The second-order valence-corrected chi connectivity index (χ2v) is 6.26. The number of hydrogen-bond donors (Lipinski definition) is 1. The van der Waals surface area contributed by atoms with Gasteiger partial charge in [0.25, 0.3) is 5.56 Å². The number of ether oxygens (including phenoxy) is 1. The van der Waals surface area contributed by atoms with Crippen LogP contribution >= 0.6 is 0 Å². The normalized spacial score (nSPS) is 10.6. The van der Waals surface area contributed by atoms with Crippen LogP contribution in [0.2, 0.25) is 0 Å². The summed E-state index contributed by atoms with van der Waals surface area (Å²) in [4.78, 5) is 25.1. The van der Waals surface area contributed by atoms with Gasteiger partial charge in [0.15, 0.2) is 0 Å². The maximum Gasteiger partial charge on any atom is 0.251 e. The van der Waals surface area contributed by atoms with Crippen molar-refractivity contribution in [2.24, 2.45) is 0 Å². The number of nitriles is 1. The molecule has 2 heterocycles. The monoisotopic (exact) mass is 365 g/mol. The first-order valence-electron chi connectivity index (χ1n) is 8.34. The van der Waals surface area contributed by atoms with Crippen LogP contribution < -0.4 is 15.6 Å². The van der Waals surface area contributed by atoms with Crippen LogP contribution in [0.4, 0.5) is 5.88 Å². The number of furan rings is 1. The Morgan fingerprint density at radius 3 is 2.74 bits per heavy atom. The average molecular weight is 365 g/mol. The number of methoxy groups -OCH3 is 1. The lowest BCUT2D eigenvalue weighted by atomic mass is 10.1. The molecule has 0 fully saturated rings. The Morgan fingerprint density at radius 2 is 2.07 bits per heavy atom. The third-order valence-electron chi connectivity index (χ3n) is 4.57. The van der Waals surface area contributed by atoms with Crippen molar-refractivity contribution in [3.05, 3.63) is 57.1 Å². The minimum absolute atomic E-state index is 0.0916. The molecule has 7 heteroatoms. The zero-order valence-corrected chi connectivity index (χ0v) is 15.5. The molecule has 0 radical (unpaired) electrons. The lowest BCUT2D eigenvalue weighted by molar-refractivity contribution is -0.116. The van der Waals surface area contributed by atoms with Crippen molar-refractivity contribution in [2.45, 2.75) is 27.3 Å². The number of benzene rings is 1. The fraction of sp³-hybridized carbons (Fsp3) is 0.250. The van der Waals surface area contributed by atoms with E-state index in [2.05, 4.69) is 5.32 Å². The largest absolute Gasteiger partial charge is 0.495 e. The molecule has 2 aromatic heterocycles. The van der Waals surface area contributed by atoms with Crippen LogP contribution in [0, 0.1) is 32.1 Å². The number of amides is 1. The Labute approximate surface area is 155 Å². The van der Waals surface area contributed by atoms with Gasteiger partial charge in [-0.1, -0.05) is 12.1 Å². The minimum atomic E-state index is -0.474. The molecule has 1 amide bonds. The zero-order chi connectivity index (χ0) is 19.7. The molecule has 7 nitrogen and oxygen atoms in total. The lowest BCUT2D eigenvalue weighted by Gasteiger charge is -2.14. The van der Waals surface area contributed by atoms with Crippen LogP contribution in [0.25, 0.3) is 10.9 Å². The van der Waals surface area contributed by atoms with E-state index in [1.54, 1.807) is 19.9 Å². The fourth-order valence-electron chi connectivity index (χ4n) is 3.05. The summed E-state index contributed by atoms with van der Waals surface area (Å²) in [7, 11) is 1.51. The van der Waals surface area contributed by atoms with E-state index >= 15 is 0 Å². The van der Waals surface area contributed by atoms with E-state index in [-0.39, 0.29) is 23.6 Å². The minimum Gasteiger partial charge on any atom is -0.495 e. The van der Waals surface area contributed by atoms with Crippen molar-refractivity contribution in [1.29, 1.82) is 5.26 Å². The number of aromatic nitrogens is 1. The van der Waals surface area contributed by atoms with Crippen LogP contribution in [-0.4, -0.2) is 17.6 Å². The van der Waals surface area contributed by atoms with Crippen molar-refractivity contribution in [1.82, 2.24) is 4.57 Å². The predicted octanol–water partition coefficient (Wildman–Crippen LogP) is 3.04. The summed E-state index contributed by atoms with van der Waals surface area (Å²) in [6.07, 6.45) is 0. The van der Waals surface area contributed by atoms with Gasteiger partial charge in [0.1, 0.15) is 29.7 Å². The molecule has 138 valence electrons. The number of anilines is 1. The molecule has 0 aliphatic carbocycles. The van der Waals surface area contributed by atoms with E-state index in [0.717, 1.165) is 10.9 Å². The summed E-state index contributed by atoms with van der Waals surface area (Å²) in [5.41, 5.74) is 1.99. The van der Waals surface area contributed by atoms with E-state index in [1.807, 2.05) is 25.1 Å². The molecule has 0 aliphatic rings. The molecule has 0 saturated carbocycles. The van der Waals surface area contributed by atoms with Gasteiger partial charge >= 0.3 is 0 Å². The van der Waals surface area contributed by atoms with Crippen molar-refractivity contribution >= 4 is 22.7 Å². The second kappa shape index (κ2) is 7.00. The highest BCUT2D eigenvalue weighted by Crippen LogP contribution is 2.27. The summed E-state index contributed by atoms with van der Waals surface area (Å²) in [6, 6.07) is 8.94. The average Bonchev–Trinajstić information content (AvgIpc) is 2.90. The summed E-state index contributed by atoms with van der Waals surface area (Å²) < 4.78 is 12.2. The molecule has 0 spiro atoms. The topological polar surface area (TPSA) is 97.3 Å². The Kier molecular flexibility index (Phi) is 4.74. The highest BCUT2D eigenvalue weighted by atomic mass is 16.5. The number of carbonyl (C=O) groups is 1. The van der Waals surface area contributed by atoms with Crippen LogP contribution in [-0.2, 0) is 11.3 Å². The van der Waals surface area contributed by atoms with Gasteiger partial charge in [-0.25, -0.2) is 0 Å². The predicted molar refractivity (Wildman–Crippen MR) is 101 cm³/mol. The number of pyridine rings is 1. The molecule has 27 heavy (non-hydrogen) atoms. The molecule has 0 bridgehead atoms. The first-order chi connectivity index (χ1) is 12.9. The van der Waals surface area contributed by atoms with Gasteiger partial charge < -0.3 is 9.15 Å².